The fourth-order valence-electron chi connectivity index (χ4n) is 1.69. The average Bonchev–Trinajstić information content (AvgIpc) is 2.39. The minimum absolute atomic E-state index is 0.129. The first-order valence-electron chi connectivity index (χ1n) is 6.10. The minimum atomic E-state index is -0.402. The monoisotopic (exact) mass is 238 g/mol. The van der Waals surface area contributed by atoms with Crippen LogP contribution in [0.1, 0.15) is 25.3 Å². The normalized spacial score (nSPS) is 14.5. The van der Waals surface area contributed by atoms with Crippen molar-refractivity contribution in [1.29, 1.82) is 0 Å². The number of ether oxygens (including phenoxy) is 2. The predicted octanol–water partition coefficient (Wildman–Crippen LogP) is 2.38. The lowest BCUT2D eigenvalue weighted by molar-refractivity contribution is -0.0336. The fourth-order valence-corrected chi connectivity index (χ4v) is 1.69. The molecule has 0 unspecified atom stereocenters. The molecule has 0 aromatic heterocycles. The van der Waals surface area contributed by atoms with Crippen LogP contribution in [0.2, 0.25) is 0 Å². The molecule has 0 radical (unpaired) electrons. The molecule has 0 heterocycles. The lowest BCUT2D eigenvalue weighted by atomic mass is 10.1. The SMILES string of the molecule is CC[C@H](O)[C@H](CCOCc1ccccc1)OC. The van der Waals surface area contributed by atoms with Crippen LogP contribution in [0.3, 0.4) is 0 Å². The molecule has 0 aliphatic heterocycles. The lowest BCUT2D eigenvalue weighted by Gasteiger charge is -2.20. The van der Waals surface area contributed by atoms with Gasteiger partial charge in [0.2, 0.25) is 0 Å². The molecule has 1 aromatic rings. The van der Waals surface area contributed by atoms with E-state index < -0.39 is 6.10 Å². The first kappa shape index (κ1) is 14.2. The maximum absolute atomic E-state index is 9.65. The molecule has 0 aliphatic rings. The molecular formula is C14H22O3. The highest BCUT2D eigenvalue weighted by Gasteiger charge is 2.16. The van der Waals surface area contributed by atoms with Crippen LogP contribution >= 0.6 is 0 Å². The van der Waals surface area contributed by atoms with Crippen LogP contribution in [0.25, 0.3) is 0 Å². The van der Waals surface area contributed by atoms with Crippen LogP contribution in [-0.2, 0) is 16.1 Å². The zero-order valence-electron chi connectivity index (χ0n) is 10.6. The van der Waals surface area contributed by atoms with Crippen molar-refractivity contribution in [3.63, 3.8) is 0 Å². The number of rotatable bonds is 8. The maximum atomic E-state index is 9.65. The summed E-state index contributed by atoms with van der Waals surface area (Å²) in [5.41, 5.74) is 1.16. The Morgan fingerprint density at radius 3 is 2.53 bits per heavy atom. The molecule has 3 heteroatoms. The van der Waals surface area contributed by atoms with Gasteiger partial charge >= 0.3 is 0 Å². The summed E-state index contributed by atoms with van der Waals surface area (Å²) in [6.07, 6.45) is 0.895. The van der Waals surface area contributed by atoms with E-state index in [9.17, 15) is 5.11 Å². The van der Waals surface area contributed by atoms with Crippen molar-refractivity contribution in [2.45, 2.75) is 38.6 Å². The first-order chi connectivity index (χ1) is 8.27. The van der Waals surface area contributed by atoms with Gasteiger partial charge in [-0.2, -0.15) is 0 Å². The van der Waals surface area contributed by atoms with Crippen LogP contribution in [0.4, 0.5) is 0 Å². The molecular weight excluding hydrogens is 216 g/mol. The zero-order valence-corrected chi connectivity index (χ0v) is 10.6. The summed E-state index contributed by atoms with van der Waals surface area (Å²) in [6, 6.07) is 10.1. The van der Waals surface area contributed by atoms with Gasteiger partial charge in [-0.05, 0) is 18.4 Å². The van der Waals surface area contributed by atoms with E-state index in [0.717, 1.165) is 12.0 Å². The summed E-state index contributed by atoms with van der Waals surface area (Å²) in [7, 11) is 1.63. The Hall–Kier alpha value is -0.900. The number of aliphatic hydroxyl groups excluding tert-OH is 1. The van der Waals surface area contributed by atoms with Crippen LogP contribution in [0.15, 0.2) is 30.3 Å². The largest absolute Gasteiger partial charge is 0.390 e. The quantitative estimate of drug-likeness (QED) is 0.707. The molecule has 3 nitrogen and oxygen atoms in total. The van der Waals surface area contributed by atoms with E-state index in [0.29, 0.717) is 19.6 Å². The van der Waals surface area contributed by atoms with Gasteiger partial charge in [-0.3, -0.25) is 0 Å². The highest BCUT2D eigenvalue weighted by atomic mass is 16.5. The van der Waals surface area contributed by atoms with Gasteiger partial charge in [-0.15, -0.1) is 0 Å². The Morgan fingerprint density at radius 1 is 1.24 bits per heavy atom. The molecule has 0 saturated carbocycles. The molecule has 96 valence electrons. The van der Waals surface area contributed by atoms with Gasteiger partial charge in [0, 0.05) is 13.7 Å². The van der Waals surface area contributed by atoms with Crippen LogP contribution in [-0.4, -0.2) is 31.0 Å². The van der Waals surface area contributed by atoms with Crippen molar-refractivity contribution in [3.8, 4) is 0 Å². The van der Waals surface area contributed by atoms with Gasteiger partial charge in [0.15, 0.2) is 0 Å². The maximum Gasteiger partial charge on any atom is 0.0851 e. The molecule has 0 aliphatic carbocycles. The van der Waals surface area contributed by atoms with Gasteiger partial charge in [0.25, 0.3) is 0 Å². The Labute approximate surface area is 103 Å². The highest BCUT2D eigenvalue weighted by Crippen LogP contribution is 2.08. The van der Waals surface area contributed by atoms with E-state index in [4.69, 9.17) is 9.47 Å². The van der Waals surface area contributed by atoms with Crippen molar-refractivity contribution >= 4 is 0 Å². The van der Waals surface area contributed by atoms with Crippen molar-refractivity contribution in [3.05, 3.63) is 35.9 Å². The number of methoxy groups -OCH3 is 1. The van der Waals surface area contributed by atoms with Gasteiger partial charge in [0.05, 0.1) is 18.8 Å². The third-order valence-electron chi connectivity index (χ3n) is 2.81. The summed E-state index contributed by atoms with van der Waals surface area (Å²) in [6.45, 7) is 3.16. The molecule has 0 fully saturated rings. The smallest absolute Gasteiger partial charge is 0.0851 e. The van der Waals surface area contributed by atoms with Gasteiger partial charge in [0.1, 0.15) is 0 Å². The standard InChI is InChI=1S/C14H22O3/c1-3-13(15)14(16-2)9-10-17-11-12-7-5-4-6-8-12/h4-8,13-15H,3,9-11H2,1-2H3/t13-,14-/m0/s1. The van der Waals surface area contributed by atoms with Crippen LogP contribution in [0.5, 0.6) is 0 Å². The number of hydrogen-bond acceptors (Lipinski definition) is 3. The van der Waals surface area contributed by atoms with E-state index >= 15 is 0 Å². The number of aliphatic hydroxyl groups is 1. The summed E-state index contributed by atoms with van der Waals surface area (Å²) in [5, 5.41) is 9.65. The van der Waals surface area contributed by atoms with E-state index in [1.807, 2.05) is 37.3 Å². The number of hydrogen-bond donors (Lipinski definition) is 1. The predicted molar refractivity (Wildman–Crippen MR) is 67.8 cm³/mol. The van der Waals surface area contributed by atoms with Crippen molar-refractivity contribution in [1.82, 2.24) is 0 Å². The fraction of sp³-hybridized carbons (Fsp3) is 0.571. The zero-order chi connectivity index (χ0) is 12.5. The topological polar surface area (TPSA) is 38.7 Å². The lowest BCUT2D eigenvalue weighted by Crippen LogP contribution is -2.28. The summed E-state index contributed by atoms with van der Waals surface area (Å²) < 4.78 is 10.8. The molecule has 1 rings (SSSR count). The molecule has 17 heavy (non-hydrogen) atoms. The summed E-state index contributed by atoms with van der Waals surface area (Å²) >= 11 is 0. The number of benzene rings is 1. The molecule has 0 saturated heterocycles. The molecule has 1 aromatic carbocycles. The average molecular weight is 238 g/mol. The molecule has 0 amide bonds. The van der Waals surface area contributed by atoms with Crippen LogP contribution in [0, 0.1) is 0 Å². The van der Waals surface area contributed by atoms with Gasteiger partial charge in [-0.1, -0.05) is 37.3 Å². The molecule has 2 atom stereocenters. The van der Waals surface area contributed by atoms with Gasteiger partial charge < -0.3 is 14.6 Å². The third kappa shape index (κ3) is 5.31. The molecule has 0 bridgehead atoms. The van der Waals surface area contributed by atoms with Gasteiger partial charge in [-0.25, -0.2) is 0 Å². The highest BCUT2D eigenvalue weighted by molar-refractivity contribution is 5.13. The van der Waals surface area contributed by atoms with Crippen molar-refractivity contribution < 1.29 is 14.6 Å². The van der Waals surface area contributed by atoms with E-state index in [1.54, 1.807) is 7.11 Å². The second-order valence-electron chi connectivity index (χ2n) is 4.08. The third-order valence-corrected chi connectivity index (χ3v) is 2.81. The first-order valence-corrected chi connectivity index (χ1v) is 6.10. The summed E-state index contributed by atoms with van der Waals surface area (Å²) in [4.78, 5) is 0. The summed E-state index contributed by atoms with van der Waals surface area (Å²) in [5.74, 6) is 0. The van der Waals surface area contributed by atoms with E-state index in [1.165, 1.54) is 0 Å². The minimum Gasteiger partial charge on any atom is -0.390 e. The Bertz CT molecular complexity index is 287. The molecule has 0 spiro atoms. The Balaban J connectivity index is 2.19. The Morgan fingerprint density at radius 2 is 1.94 bits per heavy atom. The second kappa shape index (κ2) is 8.23. The van der Waals surface area contributed by atoms with E-state index in [-0.39, 0.29) is 6.10 Å². The van der Waals surface area contributed by atoms with Crippen molar-refractivity contribution in [2.24, 2.45) is 0 Å². The van der Waals surface area contributed by atoms with Crippen LogP contribution < -0.4 is 0 Å². The van der Waals surface area contributed by atoms with Crippen molar-refractivity contribution in [2.75, 3.05) is 13.7 Å². The molecule has 1 N–H and O–H groups in total. The van der Waals surface area contributed by atoms with E-state index in [2.05, 4.69) is 0 Å². The Kier molecular flexibility index (Phi) is 6.86. The second-order valence-corrected chi connectivity index (χ2v) is 4.08.